The van der Waals surface area contributed by atoms with Gasteiger partial charge in [-0.1, -0.05) is 28.9 Å². The Morgan fingerprint density at radius 2 is 2.21 bits per heavy atom. The highest BCUT2D eigenvalue weighted by Gasteiger charge is 2.27. The lowest BCUT2D eigenvalue weighted by Crippen LogP contribution is -2.29. The van der Waals surface area contributed by atoms with Crippen LogP contribution in [0, 0.1) is 11.7 Å². The minimum atomic E-state index is -0.659. The van der Waals surface area contributed by atoms with Crippen molar-refractivity contribution in [2.24, 2.45) is 5.92 Å². The number of aromatic amines is 1. The summed E-state index contributed by atoms with van der Waals surface area (Å²) in [5.41, 5.74) is 1.12. The van der Waals surface area contributed by atoms with Gasteiger partial charge in [-0.3, -0.25) is 9.51 Å². The molecule has 0 radical (unpaired) electrons. The fourth-order valence-corrected chi connectivity index (χ4v) is 3.27. The molecule has 152 valence electrons. The minimum Gasteiger partial charge on any atom is -0.477 e. The maximum absolute atomic E-state index is 13.9. The molecule has 0 bridgehead atoms. The number of H-pyrrole nitrogens is 1. The molecule has 1 saturated heterocycles. The minimum absolute atomic E-state index is 0.0696. The molecule has 3 heterocycles. The van der Waals surface area contributed by atoms with Gasteiger partial charge in [-0.25, -0.2) is 14.2 Å². The quantitative estimate of drug-likeness (QED) is 0.654. The van der Waals surface area contributed by atoms with E-state index in [9.17, 15) is 9.18 Å². The molecule has 1 aromatic carbocycles. The smallest absolute Gasteiger partial charge is 0.439 e. The molecule has 1 aliphatic rings. The third kappa shape index (κ3) is 4.64. The number of hydrogen-bond acceptors (Lipinski definition) is 7. The fourth-order valence-electron chi connectivity index (χ4n) is 3.15. The van der Waals surface area contributed by atoms with Gasteiger partial charge in [0.2, 0.25) is 11.7 Å². The third-order valence-corrected chi connectivity index (χ3v) is 4.84. The molecule has 29 heavy (non-hydrogen) atoms. The summed E-state index contributed by atoms with van der Waals surface area (Å²) in [6.45, 7) is 2.11. The van der Waals surface area contributed by atoms with Crippen molar-refractivity contribution in [2.75, 3.05) is 26.3 Å². The van der Waals surface area contributed by atoms with Crippen LogP contribution in [0.15, 0.2) is 45.7 Å². The summed E-state index contributed by atoms with van der Waals surface area (Å²) in [4.78, 5) is 17.9. The standard InChI is InChI=1S/C19H18ClFN4O4/c20-13-5-4-11(8-14(13)21)17-12(9-22-6-7-27-17)10-28-16-3-1-2-15(23-16)18-24-19(26)29-25-18/h1-5,8,12,17,22H,6-7,9-10H2,(H,24,25,26). The van der Waals surface area contributed by atoms with Crippen molar-refractivity contribution in [1.29, 1.82) is 0 Å². The first-order chi connectivity index (χ1) is 14.1. The van der Waals surface area contributed by atoms with E-state index in [1.54, 1.807) is 24.3 Å². The van der Waals surface area contributed by atoms with E-state index < -0.39 is 11.6 Å². The SMILES string of the molecule is O=c1[nH]c(-c2cccc(OCC3CNCCOC3c3ccc(Cl)c(F)c3)n2)no1. The van der Waals surface area contributed by atoms with Crippen molar-refractivity contribution in [3.05, 3.63) is 63.4 Å². The van der Waals surface area contributed by atoms with E-state index in [2.05, 4.69) is 25.0 Å². The van der Waals surface area contributed by atoms with Crippen LogP contribution in [0.25, 0.3) is 11.5 Å². The van der Waals surface area contributed by atoms with Crippen molar-refractivity contribution in [1.82, 2.24) is 20.4 Å². The zero-order valence-electron chi connectivity index (χ0n) is 15.2. The zero-order chi connectivity index (χ0) is 20.2. The number of hydrogen-bond donors (Lipinski definition) is 2. The average molecular weight is 421 g/mol. The Balaban J connectivity index is 1.50. The van der Waals surface area contributed by atoms with Crippen LogP contribution in [0.2, 0.25) is 5.02 Å². The second kappa shape index (κ2) is 8.73. The molecule has 3 aromatic rings. The lowest BCUT2D eigenvalue weighted by atomic mass is 9.96. The van der Waals surface area contributed by atoms with Crippen LogP contribution >= 0.6 is 11.6 Å². The van der Waals surface area contributed by atoms with Crippen LogP contribution in [-0.2, 0) is 4.74 Å². The van der Waals surface area contributed by atoms with Gasteiger partial charge in [0.25, 0.3) is 0 Å². The van der Waals surface area contributed by atoms with Gasteiger partial charge in [-0.15, -0.1) is 0 Å². The molecule has 2 N–H and O–H groups in total. The zero-order valence-corrected chi connectivity index (χ0v) is 16.0. The van der Waals surface area contributed by atoms with Crippen molar-refractivity contribution in [3.8, 4) is 17.4 Å². The van der Waals surface area contributed by atoms with E-state index in [0.717, 1.165) is 0 Å². The van der Waals surface area contributed by atoms with Crippen molar-refractivity contribution < 1.29 is 18.4 Å². The molecule has 10 heteroatoms. The van der Waals surface area contributed by atoms with Crippen LogP contribution in [0.1, 0.15) is 11.7 Å². The number of ether oxygens (including phenoxy) is 2. The monoisotopic (exact) mass is 420 g/mol. The van der Waals surface area contributed by atoms with E-state index in [4.69, 9.17) is 21.1 Å². The largest absolute Gasteiger partial charge is 0.477 e. The second-order valence-electron chi connectivity index (χ2n) is 6.54. The maximum atomic E-state index is 13.9. The van der Waals surface area contributed by atoms with E-state index in [-0.39, 0.29) is 29.5 Å². The number of rotatable bonds is 5. The number of benzene rings is 1. The predicted octanol–water partition coefficient (Wildman–Crippen LogP) is 2.57. The summed E-state index contributed by atoms with van der Waals surface area (Å²) in [6.07, 6.45) is -0.355. The Morgan fingerprint density at radius 1 is 1.31 bits per heavy atom. The van der Waals surface area contributed by atoms with E-state index in [1.165, 1.54) is 12.1 Å². The van der Waals surface area contributed by atoms with Crippen LogP contribution in [-0.4, -0.2) is 41.4 Å². The molecule has 2 aromatic heterocycles. The summed E-state index contributed by atoms with van der Waals surface area (Å²) in [5.74, 6) is -0.657. The molecule has 1 aliphatic heterocycles. The van der Waals surface area contributed by atoms with E-state index in [1.807, 2.05) is 0 Å². The molecule has 8 nitrogen and oxygen atoms in total. The Labute approximate surface area is 170 Å². The Morgan fingerprint density at radius 3 is 3.00 bits per heavy atom. The van der Waals surface area contributed by atoms with Crippen molar-refractivity contribution in [2.45, 2.75) is 6.10 Å². The summed E-state index contributed by atoms with van der Waals surface area (Å²) in [6, 6.07) is 9.79. The summed E-state index contributed by atoms with van der Waals surface area (Å²) >= 11 is 5.80. The summed E-state index contributed by atoms with van der Waals surface area (Å²) in [5, 5.41) is 6.98. The van der Waals surface area contributed by atoms with Gasteiger partial charge < -0.3 is 14.8 Å². The van der Waals surface area contributed by atoms with Crippen molar-refractivity contribution in [3.63, 3.8) is 0 Å². The Hall–Kier alpha value is -2.75. The van der Waals surface area contributed by atoms with Gasteiger partial charge >= 0.3 is 5.76 Å². The maximum Gasteiger partial charge on any atom is 0.439 e. The topological polar surface area (TPSA) is 102 Å². The van der Waals surface area contributed by atoms with Crippen LogP contribution in [0.3, 0.4) is 0 Å². The number of pyridine rings is 1. The van der Waals surface area contributed by atoms with Gasteiger partial charge in [0.15, 0.2) is 0 Å². The van der Waals surface area contributed by atoms with Crippen LogP contribution in [0.4, 0.5) is 4.39 Å². The highest BCUT2D eigenvalue weighted by atomic mass is 35.5. The first kappa shape index (κ1) is 19.6. The molecule has 0 amide bonds. The molecular weight excluding hydrogens is 403 g/mol. The second-order valence-corrected chi connectivity index (χ2v) is 6.95. The lowest BCUT2D eigenvalue weighted by molar-refractivity contribution is 0.0146. The normalized spacial score (nSPS) is 19.7. The summed E-state index contributed by atoms with van der Waals surface area (Å²) < 4.78 is 30.3. The van der Waals surface area contributed by atoms with Gasteiger partial charge in [0, 0.05) is 25.1 Å². The summed E-state index contributed by atoms with van der Waals surface area (Å²) in [7, 11) is 0. The molecule has 0 saturated carbocycles. The third-order valence-electron chi connectivity index (χ3n) is 4.53. The molecule has 2 unspecified atom stereocenters. The van der Waals surface area contributed by atoms with Crippen LogP contribution < -0.4 is 15.8 Å². The lowest BCUT2D eigenvalue weighted by Gasteiger charge is -2.25. The van der Waals surface area contributed by atoms with Gasteiger partial charge in [-0.05, 0) is 23.8 Å². The fraction of sp³-hybridized carbons (Fsp3) is 0.316. The molecule has 1 fully saturated rings. The Kier molecular flexibility index (Phi) is 5.89. The highest BCUT2D eigenvalue weighted by molar-refractivity contribution is 6.30. The first-order valence-electron chi connectivity index (χ1n) is 9.03. The average Bonchev–Trinajstić information content (AvgIpc) is 3.02. The van der Waals surface area contributed by atoms with E-state index >= 15 is 0 Å². The molecule has 0 aliphatic carbocycles. The van der Waals surface area contributed by atoms with Crippen LogP contribution in [0.5, 0.6) is 5.88 Å². The number of nitrogens with one attached hydrogen (secondary N) is 2. The molecule has 2 atom stereocenters. The Bertz CT molecular complexity index is 1040. The number of halogens is 2. The molecular formula is C19H18ClFN4O4. The van der Waals surface area contributed by atoms with Gasteiger partial charge in [0.05, 0.1) is 24.3 Å². The van der Waals surface area contributed by atoms with Gasteiger partial charge in [-0.2, -0.15) is 0 Å². The van der Waals surface area contributed by atoms with E-state index in [0.29, 0.717) is 36.8 Å². The molecule has 0 spiro atoms. The predicted molar refractivity (Wildman–Crippen MR) is 102 cm³/mol. The first-order valence-corrected chi connectivity index (χ1v) is 9.41. The molecule has 4 rings (SSSR count). The number of aromatic nitrogens is 3. The van der Waals surface area contributed by atoms with Crippen molar-refractivity contribution >= 4 is 11.6 Å². The highest BCUT2D eigenvalue weighted by Crippen LogP contribution is 2.30. The number of nitrogens with zero attached hydrogens (tertiary/aromatic N) is 2. The van der Waals surface area contributed by atoms with Gasteiger partial charge in [0.1, 0.15) is 11.5 Å².